The van der Waals surface area contributed by atoms with Gasteiger partial charge in [-0.1, -0.05) is 271 Å². The van der Waals surface area contributed by atoms with E-state index in [0.29, 0.717) is 6.54 Å². The van der Waals surface area contributed by atoms with Crippen LogP contribution in [-0.2, 0) is 4.79 Å². The van der Waals surface area contributed by atoms with Crippen molar-refractivity contribution in [1.29, 1.82) is 0 Å². The second-order valence-corrected chi connectivity index (χ2v) is 17.1. The molecule has 312 valence electrons. The Labute approximate surface area is 357 Å². The van der Waals surface area contributed by atoms with Crippen LogP contribution in [0.4, 0.5) is 0 Å². The fraction of sp³-hybridized carbons (Fsp3) is 0.980. The Hall–Kier alpha value is 0.430. The molecule has 0 aromatic carbocycles. The minimum atomic E-state index is -0.900. The van der Waals surface area contributed by atoms with Crippen molar-refractivity contribution < 1.29 is 39.5 Å². The summed E-state index contributed by atoms with van der Waals surface area (Å²) in [5, 5.41) is 11.1. The number of hydrogen-bond acceptors (Lipinski definition) is 3. The van der Waals surface area contributed by atoms with Gasteiger partial charge < -0.3 is 14.8 Å². The maximum absolute atomic E-state index is 11.1. The first-order chi connectivity index (χ1) is 25.7. The SMILES string of the molecule is CCCCCCCCCCCCCCCCCCCCCCCN(CCCCCCCCCCCCCCCCCCCCCCC)CCC(=O)[O-].[Na+]. The van der Waals surface area contributed by atoms with Crippen LogP contribution in [0.2, 0.25) is 0 Å². The molecule has 53 heavy (non-hydrogen) atoms. The van der Waals surface area contributed by atoms with Gasteiger partial charge in [-0.2, -0.15) is 0 Å². The van der Waals surface area contributed by atoms with E-state index in [4.69, 9.17) is 0 Å². The van der Waals surface area contributed by atoms with Crippen molar-refractivity contribution in [3.63, 3.8) is 0 Å². The van der Waals surface area contributed by atoms with Crippen LogP contribution in [0.1, 0.15) is 290 Å². The Morgan fingerprint density at radius 3 is 0.642 bits per heavy atom. The molecule has 0 aliphatic heterocycles. The number of aliphatic carboxylic acids is 1. The number of rotatable bonds is 47. The summed E-state index contributed by atoms with van der Waals surface area (Å²) < 4.78 is 0. The summed E-state index contributed by atoms with van der Waals surface area (Å²) in [6, 6.07) is 0. The van der Waals surface area contributed by atoms with Crippen molar-refractivity contribution >= 4 is 5.97 Å². The van der Waals surface area contributed by atoms with E-state index in [1.54, 1.807) is 0 Å². The number of carbonyl (C=O) groups excluding carboxylic acids is 1. The van der Waals surface area contributed by atoms with Crippen molar-refractivity contribution in [1.82, 2.24) is 4.90 Å². The first kappa shape index (κ1) is 55.5. The minimum absolute atomic E-state index is 0. The minimum Gasteiger partial charge on any atom is -0.550 e. The Kier molecular flexibility index (Phi) is 52.9. The van der Waals surface area contributed by atoms with Crippen LogP contribution in [0.15, 0.2) is 0 Å². The predicted octanol–water partition coefficient (Wildman–Crippen LogP) is 12.9. The maximum atomic E-state index is 11.1. The van der Waals surface area contributed by atoms with Gasteiger partial charge in [0, 0.05) is 12.5 Å². The molecule has 0 rings (SSSR count). The molecule has 0 aromatic heterocycles. The van der Waals surface area contributed by atoms with Crippen molar-refractivity contribution in [3.8, 4) is 0 Å². The van der Waals surface area contributed by atoms with Gasteiger partial charge in [-0.25, -0.2) is 0 Å². The Morgan fingerprint density at radius 2 is 0.472 bits per heavy atom. The quantitative estimate of drug-likeness (QED) is 0.0459. The number of unbranched alkanes of at least 4 members (excludes halogenated alkanes) is 40. The second-order valence-electron chi connectivity index (χ2n) is 17.1. The van der Waals surface area contributed by atoms with E-state index in [2.05, 4.69) is 18.7 Å². The molecule has 0 unspecified atom stereocenters. The van der Waals surface area contributed by atoms with Gasteiger partial charge in [0.25, 0.3) is 0 Å². The van der Waals surface area contributed by atoms with E-state index >= 15 is 0 Å². The summed E-state index contributed by atoms with van der Waals surface area (Å²) in [6.45, 7) is 7.39. The van der Waals surface area contributed by atoms with Gasteiger partial charge in [0.05, 0.1) is 0 Å². The van der Waals surface area contributed by atoms with Gasteiger partial charge in [-0.15, -0.1) is 0 Å². The van der Waals surface area contributed by atoms with Gasteiger partial charge in [-0.05, 0) is 32.4 Å². The predicted molar refractivity (Wildman–Crippen MR) is 231 cm³/mol. The van der Waals surface area contributed by atoms with E-state index < -0.39 is 5.97 Å². The van der Waals surface area contributed by atoms with Crippen molar-refractivity contribution in [2.75, 3.05) is 19.6 Å². The molecule has 4 heteroatoms. The zero-order chi connectivity index (χ0) is 37.7. The average molecular weight is 756 g/mol. The molecule has 0 aliphatic carbocycles. The van der Waals surface area contributed by atoms with Crippen LogP contribution >= 0.6 is 0 Å². The fourth-order valence-corrected chi connectivity index (χ4v) is 8.12. The topological polar surface area (TPSA) is 43.4 Å². The zero-order valence-corrected chi connectivity index (χ0v) is 39.3. The van der Waals surface area contributed by atoms with Crippen LogP contribution in [0.25, 0.3) is 0 Å². The molecule has 0 fully saturated rings. The van der Waals surface area contributed by atoms with Crippen molar-refractivity contribution in [2.45, 2.75) is 290 Å². The third-order valence-electron chi connectivity index (χ3n) is 11.8. The van der Waals surface area contributed by atoms with E-state index in [1.807, 2.05) is 0 Å². The monoisotopic (exact) mass is 756 g/mol. The molecule has 0 saturated carbocycles. The summed E-state index contributed by atoms with van der Waals surface area (Å²) in [4.78, 5) is 13.5. The standard InChI is InChI=1S/C49H99NO2.Na/c1-3-5-7-9-11-13-15-17-19-21-23-25-27-29-31-33-35-37-39-41-43-46-50(48-45-49(51)52)47-44-42-40-38-36-34-32-30-28-26-24-22-20-18-16-14-12-10-8-6-4-2;/h3-48H2,1-2H3,(H,51,52);/q;+1/p-1. The number of carboxylic acid groups (broad SMARTS) is 1. The zero-order valence-electron chi connectivity index (χ0n) is 37.3. The van der Waals surface area contributed by atoms with E-state index in [9.17, 15) is 9.90 Å². The summed E-state index contributed by atoms with van der Waals surface area (Å²) in [6.07, 6.45) is 59.6. The van der Waals surface area contributed by atoms with Gasteiger partial charge in [0.1, 0.15) is 0 Å². The number of hydrogen-bond donors (Lipinski definition) is 0. The van der Waals surface area contributed by atoms with Crippen LogP contribution < -0.4 is 34.7 Å². The molecule has 0 atom stereocenters. The van der Waals surface area contributed by atoms with E-state index in [-0.39, 0.29) is 36.0 Å². The number of nitrogens with zero attached hydrogens (tertiary/aromatic N) is 1. The Balaban J connectivity index is 0. The number of carboxylic acids is 1. The van der Waals surface area contributed by atoms with Gasteiger partial charge in [0.15, 0.2) is 0 Å². The average Bonchev–Trinajstić information content (AvgIpc) is 3.14. The van der Waals surface area contributed by atoms with Crippen LogP contribution in [0.3, 0.4) is 0 Å². The maximum Gasteiger partial charge on any atom is 1.00 e. The molecular formula is C49H98NNaO2. The van der Waals surface area contributed by atoms with Crippen LogP contribution in [0, 0.1) is 0 Å². The molecule has 0 N–H and O–H groups in total. The normalized spacial score (nSPS) is 11.5. The fourth-order valence-electron chi connectivity index (χ4n) is 8.12. The third-order valence-corrected chi connectivity index (χ3v) is 11.8. The summed E-state index contributed by atoms with van der Waals surface area (Å²) in [5.74, 6) is -0.900. The first-order valence-electron chi connectivity index (χ1n) is 24.6. The van der Waals surface area contributed by atoms with E-state index in [0.717, 1.165) is 13.1 Å². The van der Waals surface area contributed by atoms with Gasteiger partial charge in [-0.3, -0.25) is 0 Å². The third kappa shape index (κ3) is 50.4. The summed E-state index contributed by atoms with van der Waals surface area (Å²) in [5.41, 5.74) is 0. The molecular weight excluding hydrogens is 658 g/mol. The summed E-state index contributed by atoms with van der Waals surface area (Å²) in [7, 11) is 0. The number of carbonyl (C=O) groups is 1. The smallest absolute Gasteiger partial charge is 0.550 e. The van der Waals surface area contributed by atoms with Crippen LogP contribution in [0.5, 0.6) is 0 Å². The Morgan fingerprint density at radius 1 is 0.302 bits per heavy atom. The van der Waals surface area contributed by atoms with Crippen LogP contribution in [-0.4, -0.2) is 30.5 Å². The molecule has 0 bridgehead atoms. The molecule has 0 heterocycles. The molecule has 0 spiro atoms. The molecule has 0 radical (unpaired) electrons. The van der Waals surface area contributed by atoms with Crippen molar-refractivity contribution in [3.05, 3.63) is 0 Å². The van der Waals surface area contributed by atoms with Gasteiger partial charge >= 0.3 is 29.6 Å². The Bertz CT molecular complexity index is 612. The molecule has 0 aliphatic rings. The van der Waals surface area contributed by atoms with E-state index in [1.165, 1.54) is 270 Å². The molecule has 0 aromatic rings. The van der Waals surface area contributed by atoms with Gasteiger partial charge in [0.2, 0.25) is 0 Å². The molecule has 3 nitrogen and oxygen atoms in total. The van der Waals surface area contributed by atoms with Crippen molar-refractivity contribution in [2.24, 2.45) is 0 Å². The first-order valence-corrected chi connectivity index (χ1v) is 24.6. The molecule has 0 amide bonds. The second kappa shape index (κ2) is 50.4. The molecule has 0 saturated heterocycles. The summed E-state index contributed by atoms with van der Waals surface area (Å²) >= 11 is 0. The largest absolute Gasteiger partial charge is 1.00 e.